The molecule has 21 heavy (non-hydrogen) atoms. The Morgan fingerprint density at radius 3 is 2.81 bits per heavy atom. The molecule has 0 bridgehead atoms. The monoisotopic (exact) mass is 311 g/mol. The average molecular weight is 312 g/mol. The minimum Gasteiger partial charge on any atom is -0.356 e. The number of nitrogens with one attached hydrogen (secondary N) is 1. The minimum absolute atomic E-state index is 0.00234. The number of ether oxygens (including phenoxy) is 2. The van der Waals surface area contributed by atoms with Crippen molar-refractivity contribution in [1.82, 2.24) is 5.32 Å². The van der Waals surface area contributed by atoms with E-state index in [0.29, 0.717) is 31.2 Å². The molecule has 0 saturated carbocycles. The van der Waals surface area contributed by atoms with Gasteiger partial charge in [0, 0.05) is 18.0 Å². The fourth-order valence-electron chi connectivity index (χ4n) is 2.56. The van der Waals surface area contributed by atoms with Crippen molar-refractivity contribution in [1.29, 1.82) is 0 Å². The molecule has 1 aromatic carbocycles. The molecule has 1 saturated heterocycles. The molecular formula is C16H22ClNO3. The summed E-state index contributed by atoms with van der Waals surface area (Å²) in [5.41, 5.74) is 0.919. The standard InChI is InChI=1S/C16H22ClNO3/c1-12(10-16(2)20-6-7-21-16)11-18-15(19)9-13-4-3-5-14(17)8-13/h3-5,8,12H,6-7,9-11H2,1-2H3,(H,18,19)/t12-/m0/s1. The van der Waals surface area contributed by atoms with Crippen LogP contribution in [0.25, 0.3) is 0 Å². The van der Waals surface area contributed by atoms with E-state index in [1.54, 1.807) is 6.07 Å². The number of hydrogen-bond acceptors (Lipinski definition) is 3. The Balaban J connectivity index is 1.73. The first kappa shape index (κ1) is 16.3. The fourth-order valence-corrected chi connectivity index (χ4v) is 2.78. The third kappa shape index (κ3) is 5.30. The molecule has 0 unspecified atom stereocenters. The van der Waals surface area contributed by atoms with Crippen molar-refractivity contribution in [3.05, 3.63) is 34.9 Å². The SMILES string of the molecule is C[C@H](CNC(=O)Cc1cccc(Cl)c1)CC1(C)OCCO1. The van der Waals surface area contributed by atoms with Crippen molar-refractivity contribution in [3.63, 3.8) is 0 Å². The van der Waals surface area contributed by atoms with E-state index in [4.69, 9.17) is 21.1 Å². The molecule has 1 amide bonds. The van der Waals surface area contributed by atoms with Crippen LogP contribution in [0.5, 0.6) is 0 Å². The smallest absolute Gasteiger partial charge is 0.224 e. The number of rotatable bonds is 6. The van der Waals surface area contributed by atoms with Gasteiger partial charge in [-0.2, -0.15) is 0 Å². The molecule has 0 aromatic heterocycles. The van der Waals surface area contributed by atoms with Crippen molar-refractivity contribution < 1.29 is 14.3 Å². The van der Waals surface area contributed by atoms with E-state index in [2.05, 4.69) is 12.2 Å². The highest BCUT2D eigenvalue weighted by Crippen LogP contribution is 2.26. The average Bonchev–Trinajstić information content (AvgIpc) is 2.83. The normalized spacial score (nSPS) is 18.4. The molecular weight excluding hydrogens is 290 g/mol. The Morgan fingerprint density at radius 2 is 2.14 bits per heavy atom. The lowest BCUT2D eigenvalue weighted by Crippen LogP contribution is -2.35. The fraction of sp³-hybridized carbons (Fsp3) is 0.562. The van der Waals surface area contributed by atoms with Gasteiger partial charge in [0.25, 0.3) is 0 Å². The van der Waals surface area contributed by atoms with Crippen LogP contribution in [0.2, 0.25) is 5.02 Å². The van der Waals surface area contributed by atoms with Gasteiger partial charge in [0.15, 0.2) is 5.79 Å². The molecule has 1 N–H and O–H groups in total. The maximum atomic E-state index is 11.9. The molecule has 1 aliphatic heterocycles. The predicted octanol–water partition coefficient (Wildman–Crippen LogP) is 2.79. The molecule has 0 aliphatic carbocycles. The third-order valence-corrected chi connectivity index (χ3v) is 3.75. The van der Waals surface area contributed by atoms with Crippen LogP contribution in [0.4, 0.5) is 0 Å². The molecule has 2 rings (SSSR count). The molecule has 0 radical (unpaired) electrons. The van der Waals surface area contributed by atoms with Crippen molar-refractivity contribution in [2.24, 2.45) is 5.92 Å². The number of benzene rings is 1. The van der Waals surface area contributed by atoms with Crippen LogP contribution in [0.15, 0.2) is 24.3 Å². The molecule has 1 heterocycles. The van der Waals surface area contributed by atoms with Gasteiger partial charge < -0.3 is 14.8 Å². The second kappa shape index (κ2) is 7.25. The van der Waals surface area contributed by atoms with Gasteiger partial charge in [0.2, 0.25) is 5.91 Å². The molecule has 1 aliphatic rings. The molecule has 0 spiro atoms. The summed E-state index contributed by atoms with van der Waals surface area (Å²) in [5, 5.41) is 3.60. The summed E-state index contributed by atoms with van der Waals surface area (Å²) < 4.78 is 11.2. The van der Waals surface area contributed by atoms with Crippen LogP contribution >= 0.6 is 11.6 Å². The predicted molar refractivity (Wildman–Crippen MR) is 82.3 cm³/mol. The molecule has 1 fully saturated rings. The zero-order valence-corrected chi connectivity index (χ0v) is 13.3. The zero-order valence-electron chi connectivity index (χ0n) is 12.5. The van der Waals surface area contributed by atoms with Gasteiger partial charge in [-0.3, -0.25) is 4.79 Å². The summed E-state index contributed by atoms with van der Waals surface area (Å²) in [5.74, 6) is -0.212. The number of hydrogen-bond donors (Lipinski definition) is 1. The van der Waals surface area contributed by atoms with E-state index < -0.39 is 5.79 Å². The molecule has 1 aromatic rings. The van der Waals surface area contributed by atoms with Crippen LogP contribution in [0.3, 0.4) is 0 Å². The van der Waals surface area contributed by atoms with Gasteiger partial charge in [0.1, 0.15) is 0 Å². The molecule has 1 atom stereocenters. The topological polar surface area (TPSA) is 47.6 Å². The van der Waals surface area contributed by atoms with Gasteiger partial charge >= 0.3 is 0 Å². The lowest BCUT2D eigenvalue weighted by molar-refractivity contribution is -0.154. The Kier molecular flexibility index (Phi) is 5.62. The van der Waals surface area contributed by atoms with Gasteiger partial charge in [-0.25, -0.2) is 0 Å². The summed E-state index contributed by atoms with van der Waals surface area (Å²) in [6.07, 6.45) is 1.11. The van der Waals surface area contributed by atoms with E-state index in [-0.39, 0.29) is 11.8 Å². The molecule has 4 nitrogen and oxygen atoms in total. The van der Waals surface area contributed by atoms with E-state index in [1.807, 2.05) is 25.1 Å². The Hall–Kier alpha value is -1.10. The second-order valence-electron chi connectivity index (χ2n) is 5.75. The quantitative estimate of drug-likeness (QED) is 0.879. The van der Waals surface area contributed by atoms with Crippen molar-refractivity contribution >= 4 is 17.5 Å². The first-order chi connectivity index (χ1) is 9.97. The van der Waals surface area contributed by atoms with Gasteiger partial charge in [0.05, 0.1) is 19.6 Å². The van der Waals surface area contributed by atoms with Gasteiger partial charge in [-0.05, 0) is 30.5 Å². The number of halogens is 1. The van der Waals surface area contributed by atoms with E-state index >= 15 is 0 Å². The summed E-state index contributed by atoms with van der Waals surface area (Å²) in [6.45, 7) is 5.93. The summed E-state index contributed by atoms with van der Waals surface area (Å²) in [7, 11) is 0. The van der Waals surface area contributed by atoms with E-state index in [0.717, 1.165) is 12.0 Å². The highest BCUT2D eigenvalue weighted by atomic mass is 35.5. The highest BCUT2D eigenvalue weighted by Gasteiger charge is 2.32. The maximum absolute atomic E-state index is 11.9. The van der Waals surface area contributed by atoms with Crippen LogP contribution < -0.4 is 5.32 Å². The van der Waals surface area contributed by atoms with E-state index in [1.165, 1.54) is 0 Å². The lowest BCUT2D eigenvalue weighted by Gasteiger charge is -2.26. The van der Waals surface area contributed by atoms with Gasteiger partial charge in [-0.15, -0.1) is 0 Å². The summed E-state index contributed by atoms with van der Waals surface area (Å²) >= 11 is 5.91. The minimum atomic E-state index is -0.503. The number of carbonyl (C=O) groups excluding carboxylic acids is 1. The third-order valence-electron chi connectivity index (χ3n) is 3.52. The van der Waals surface area contributed by atoms with Crippen molar-refractivity contribution in [3.8, 4) is 0 Å². The first-order valence-electron chi connectivity index (χ1n) is 7.26. The van der Waals surface area contributed by atoms with Crippen LogP contribution in [0, 0.1) is 5.92 Å². The lowest BCUT2D eigenvalue weighted by atomic mass is 10.0. The van der Waals surface area contributed by atoms with Gasteiger partial charge in [-0.1, -0.05) is 30.7 Å². The summed E-state index contributed by atoms with van der Waals surface area (Å²) in [4.78, 5) is 11.9. The van der Waals surface area contributed by atoms with Crippen LogP contribution in [-0.4, -0.2) is 31.5 Å². The van der Waals surface area contributed by atoms with E-state index in [9.17, 15) is 4.79 Å². The molecule has 5 heteroatoms. The Bertz CT molecular complexity index is 486. The van der Waals surface area contributed by atoms with Crippen molar-refractivity contribution in [2.75, 3.05) is 19.8 Å². The largest absolute Gasteiger partial charge is 0.356 e. The highest BCUT2D eigenvalue weighted by molar-refractivity contribution is 6.30. The van der Waals surface area contributed by atoms with Crippen LogP contribution in [0.1, 0.15) is 25.8 Å². The Morgan fingerprint density at radius 1 is 1.43 bits per heavy atom. The number of carbonyl (C=O) groups is 1. The molecule has 116 valence electrons. The summed E-state index contributed by atoms with van der Waals surface area (Å²) in [6, 6.07) is 7.36. The van der Waals surface area contributed by atoms with Crippen LogP contribution in [-0.2, 0) is 20.7 Å². The maximum Gasteiger partial charge on any atom is 0.224 e. The Labute approximate surface area is 130 Å². The zero-order chi connectivity index (χ0) is 15.3. The first-order valence-corrected chi connectivity index (χ1v) is 7.64. The second-order valence-corrected chi connectivity index (χ2v) is 6.19. The van der Waals surface area contributed by atoms with Crippen molar-refractivity contribution in [2.45, 2.75) is 32.5 Å². The number of amides is 1.